The van der Waals surface area contributed by atoms with E-state index in [2.05, 4.69) is 33.5 Å². The quantitative estimate of drug-likeness (QED) is 0.872. The summed E-state index contributed by atoms with van der Waals surface area (Å²) in [6, 6.07) is 2.11. The molecule has 0 aliphatic heterocycles. The number of nitrogens with two attached hydrogens (primary N) is 1. The minimum absolute atomic E-state index is 0.690. The molecule has 2 nitrogen and oxygen atoms in total. The van der Waals surface area contributed by atoms with Gasteiger partial charge in [0, 0.05) is 21.8 Å². The maximum atomic E-state index is 5.50. The van der Waals surface area contributed by atoms with Crippen LogP contribution in [0.5, 0.6) is 0 Å². The minimum Gasteiger partial charge on any atom is -0.380 e. The number of methoxy groups -OCH3 is 1. The molecule has 0 bridgehead atoms. The van der Waals surface area contributed by atoms with E-state index in [0.29, 0.717) is 6.61 Å². The summed E-state index contributed by atoms with van der Waals surface area (Å²) in [6.45, 7) is 1.42. The Morgan fingerprint density at radius 2 is 2.47 bits per heavy atom. The first-order chi connectivity index (χ1) is 7.26. The van der Waals surface area contributed by atoms with E-state index in [1.165, 1.54) is 10.5 Å². The van der Waals surface area contributed by atoms with Crippen LogP contribution in [0.15, 0.2) is 21.5 Å². The van der Waals surface area contributed by atoms with Gasteiger partial charge in [-0.2, -0.15) is 0 Å². The van der Waals surface area contributed by atoms with Crippen molar-refractivity contribution in [2.45, 2.75) is 12.8 Å². The lowest BCUT2D eigenvalue weighted by molar-refractivity contribution is 0.223. The van der Waals surface area contributed by atoms with Gasteiger partial charge in [-0.1, -0.05) is 0 Å². The SMILES string of the molecule is COCC(=Cc1cc(Br)cs1)CCCN. The molecular formula is C11H16BrNOS. The highest BCUT2D eigenvalue weighted by Crippen LogP contribution is 2.23. The lowest BCUT2D eigenvalue weighted by atomic mass is 10.1. The zero-order valence-corrected chi connectivity index (χ0v) is 11.2. The second-order valence-electron chi connectivity index (χ2n) is 3.30. The van der Waals surface area contributed by atoms with Crippen LogP contribution in [0, 0.1) is 0 Å². The molecule has 84 valence electrons. The van der Waals surface area contributed by atoms with Gasteiger partial charge in [-0.3, -0.25) is 0 Å². The van der Waals surface area contributed by atoms with Gasteiger partial charge in [-0.05, 0) is 53.0 Å². The molecule has 0 saturated heterocycles. The smallest absolute Gasteiger partial charge is 0.0676 e. The van der Waals surface area contributed by atoms with Gasteiger partial charge >= 0.3 is 0 Å². The van der Waals surface area contributed by atoms with Crippen molar-refractivity contribution < 1.29 is 4.74 Å². The molecule has 0 unspecified atom stereocenters. The fraction of sp³-hybridized carbons (Fsp3) is 0.455. The first kappa shape index (κ1) is 12.9. The largest absolute Gasteiger partial charge is 0.380 e. The molecule has 0 fully saturated rings. The third-order valence-electron chi connectivity index (χ3n) is 1.97. The predicted octanol–water partition coefficient (Wildman–Crippen LogP) is 3.28. The Bertz CT molecular complexity index is 322. The third kappa shape index (κ3) is 4.93. The molecule has 0 aliphatic carbocycles. The van der Waals surface area contributed by atoms with E-state index >= 15 is 0 Å². The Kier molecular flexibility index (Phi) is 6.17. The van der Waals surface area contributed by atoms with Crippen molar-refractivity contribution in [1.29, 1.82) is 0 Å². The van der Waals surface area contributed by atoms with Crippen molar-refractivity contribution in [3.63, 3.8) is 0 Å². The van der Waals surface area contributed by atoms with Crippen LogP contribution in [-0.2, 0) is 4.74 Å². The van der Waals surface area contributed by atoms with Crippen LogP contribution in [0.3, 0.4) is 0 Å². The summed E-state index contributed by atoms with van der Waals surface area (Å²) in [4.78, 5) is 1.26. The molecule has 1 heterocycles. The summed E-state index contributed by atoms with van der Waals surface area (Å²) in [5.41, 5.74) is 6.80. The number of hydrogen-bond donors (Lipinski definition) is 1. The second kappa shape index (κ2) is 7.17. The molecule has 4 heteroatoms. The third-order valence-corrected chi connectivity index (χ3v) is 3.61. The molecule has 0 aliphatic rings. The molecular weight excluding hydrogens is 274 g/mol. The Balaban J connectivity index is 2.64. The van der Waals surface area contributed by atoms with Crippen LogP contribution >= 0.6 is 27.3 Å². The van der Waals surface area contributed by atoms with Gasteiger partial charge in [0.05, 0.1) is 6.61 Å². The van der Waals surface area contributed by atoms with Crippen molar-refractivity contribution in [2.75, 3.05) is 20.3 Å². The van der Waals surface area contributed by atoms with E-state index < -0.39 is 0 Å². The molecule has 1 aromatic heterocycles. The van der Waals surface area contributed by atoms with Crippen molar-refractivity contribution in [3.8, 4) is 0 Å². The zero-order chi connectivity index (χ0) is 11.1. The lowest BCUT2D eigenvalue weighted by Gasteiger charge is -2.04. The topological polar surface area (TPSA) is 35.2 Å². The van der Waals surface area contributed by atoms with Gasteiger partial charge < -0.3 is 10.5 Å². The second-order valence-corrected chi connectivity index (χ2v) is 5.15. The molecule has 2 N–H and O–H groups in total. The highest BCUT2D eigenvalue weighted by Gasteiger charge is 1.99. The molecule has 0 aromatic carbocycles. The fourth-order valence-corrected chi connectivity index (χ4v) is 2.73. The molecule has 0 amide bonds. The number of hydrogen-bond acceptors (Lipinski definition) is 3. The van der Waals surface area contributed by atoms with Crippen LogP contribution in [0.2, 0.25) is 0 Å². The van der Waals surface area contributed by atoms with E-state index in [1.807, 2.05) is 0 Å². The number of halogens is 1. The Morgan fingerprint density at radius 3 is 3.00 bits per heavy atom. The molecule has 1 rings (SSSR count). The molecule has 0 spiro atoms. The average molecular weight is 290 g/mol. The van der Waals surface area contributed by atoms with Crippen LogP contribution in [0.25, 0.3) is 6.08 Å². The first-order valence-electron chi connectivity index (χ1n) is 4.88. The summed E-state index contributed by atoms with van der Waals surface area (Å²) in [7, 11) is 1.72. The van der Waals surface area contributed by atoms with Gasteiger partial charge in [0.25, 0.3) is 0 Å². The van der Waals surface area contributed by atoms with Crippen LogP contribution in [-0.4, -0.2) is 20.3 Å². The van der Waals surface area contributed by atoms with Crippen LogP contribution in [0.1, 0.15) is 17.7 Å². The Morgan fingerprint density at radius 1 is 1.67 bits per heavy atom. The Hall–Kier alpha value is -0.160. The molecule has 15 heavy (non-hydrogen) atoms. The van der Waals surface area contributed by atoms with Crippen molar-refractivity contribution in [3.05, 3.63) is 26.4 Å². The van der Waals surface area contributed by atoms with E-state index in [1.54, 1.807) is 18.4 Å². The van der Waals surface area contributed by atoms with Gasteiger partial charge in [-0.25, -0.2) is 0 Å². The van der Waals surface area contributed by atoms with Gasteiger partial charge in [0.1, 0.15) is 0 Å². The maximum absolute atomic E-state index is 5.50. The highest BCUT2D eigenvalue weighted by atomic mass is 79.9. The van der Waals surface area contributed by atoms with Gasteiger partial charge in [-0.15, -0.1) is 11.3 Å². The van der Waals surface area contributed by atoms with Crippen molar-refractivity contribution in [1.82, 2.24) is 0 Å². The minimum atomic E-state index is 0.690. The van der Waals surface area contributed by atoms with Gasteiger partial charge in [0.2, 0.25) is 0 Å². The monoisotopic (exact) mass is 289 g/mol. The van der Waals surface area contributed by atoms with E-state index in [0.717, 1.165) is 23.9 Å². The summed E-state index contributed by atoms with van der Waals surface area (Å²) < 4.78 is 6.30. The first-order valence-corrected chi connectivity index (χ1v) is 6.56. The van der Waals surface area contributed by atoms with Crippen molar-refractivity contribution >= 4 is 33.3 Å². The predicted molar refractivity (Wildman–Crippen MR) is 70.2 cm³/mol. The lowest BCUT2D eigenvalue weighted by Crippen LogP contribution is -2.01. The summed E-state index contributed by atoms with van der Waals surface area (Å²) in [6.07, 6.45) is 4.22. The van der Waals surface area contributed by atoms with Crippen LogP contribution < -0.4 is 5.73 Å². The normalized spacial score (nSPS) is 12.1. The van der Waals surface area contributed by atoms with Crippen LogP contribution in [0.4, 0.5) is 0 Å². The zero-order valence-electron chi connectivity index (χ0n) is 8.83. The fourth-order valence-electron chi connectivity index (χ4n) is 1.31. The van der Waals surface area contributed by atoms with E-state index in [9.17, 15) is 0 Å². The number of thiophene rings is 1. The standard InChI is InChI=1S/C11H16BrNOS/c1-14-7-9(3-2-4-13)5-11-6-10(12)8-15-11/h5-6,8H,2-4,7,13H2,1H3. The molecule has 0 saturated carbocycles. The van der Waals surface area contributed by atoms with E-state index in [-0.39, 0.29) is 0 Å². The van der Waals surface area contributed by atoms with E-state index in [4.69, 9.17) is 10.5 Å². The molecule has 0 atom stereocenters. The van der Waals surface area contributed by atoms with Gasteiger partial charge in [0.15, 0.2) is 0 Å². The Labute approximate surface area is 103 Å². The number of ether oxygens (including phenoxy) is 1. The summed E-state index contributed by atoms with van der Waals surface area (Å²) in [5.74, 6) is 0. The highest BCUT2D eigenvalue weighted by molar-refractivity contribution is 9.10. The summed E-state index contributed by atoms with van der Waals surface area (Å²) >= 11 is 5.17. The number of rotatable bonds is 6. The molecule has 1 aromatic rings. The maximum Gasteiger partial charge on any atom is 0.0676 e. The molecule has 0 radical (unpaired) electrons. The van der Waals surface area contributed by atoms with Crippen molar-refractivity contribution in [2.24, 2.45) is 5.73 Å². The summed E-state index contributed by atoms with van der Waals surface area (Å²) in [5, 5.41) is 2.08. The average Bonchev–Trinajstić information content (AvgIpc) is 2.61.